The molecule has 0 fully saturated rings. The maximum atomic E-state index is 3.78. The van der Waals surface area contributed by atoms with Gasteiger partial charge in [-0.3, -0.25) is 0 Å². The van der Waals surface area contributed by atoms with Crippen molar-refractivity contribution in [3.05, 3.63) is 85.2 Å². The van der Waals surface area contributed by atoms with Crippen LogP contribution in [0.25, 0.3) is 32.3 Å². The molecule has 5 aromatic carbocycles. The van der Waals surface area contributed by atoms with Crippen LogP contribution in [0.5, 0.6) is 0 Å². The van der Waals surface area contributed by atoms with Crippen LogP contribution >= 0.6 is 47.8 Å². The number of hydrogen-bond acceptors (Lipinski definition) is 1. The van der Waals surface area contributed by atoms with Crippen LogP contribution in [-0.4, -0.2) is 14.1 Å². The fourth-order valence-electron chi connectivity index (χ4n) is 3.95. The fraction of sp³-hybridized carbons (Fsp3) is 0.0769. The van der Waals surface area contributed by atoms with Gasteiger partial charge in [0.1, 0.15) is 0 Å². The third-order valence-corrected chi connectivity index (χ3v) is 7.44. The van der Waals surface area contributed by atoms with Crippen LogP contribution in [-0.2, 0) is 0 Å². The molecular weight excluding hydrogens is 566 g/mol. The zero-order chi connectivity index (χ0) is 21.0. The van der Waals surface area contributed by atoms with Gasteiger partial charge in [0.15, 0.2) is 0 Å². The third kappa shape index (κ3) is 3.21. The van der Waals surface area contributed by atoms with Gasteiger partial charge in [0.25, 0.3) is 0 Å². The normalized spacial score (nSPS) is 11.2. The number of benzene rings is 5. The summed E-state index contributed by atoms with van der Waals surface area (Å²) in [6, 6.07) is 21.3. The summed E-state index contributed by atoms with van der Waals surface area (Å²) in [5.74, 6) is 6.76. The Morgan fingerprint density at radius 2 is 1.10 bits per heavy atom. The summed E-state index contributed by atoms with van der Waals surface area (Å²) >= 11 is 11.3. The molecule has 1 nitrogen and oxygen atoms in total. The SMILES string of the molecule is CN(C)c1ccc(C#Cc2cc(Br)c3ccc4c(Br)cc(Br)c5ccc2c3c45)cc1. The van der Waals surface area contributed by atoms with Gasteiger partial charge in [-0.1, -0.05) is 83.9 Å². The van der Waals surface area contributed by atoms with Gasteiger partial charge in [-0.25, -0.2) is 0 Å². The van der Waals surface area contributed by atoms with Crippen LogP contribution in [0.4, 0.5) is 5.69 Å². The molecule has 5 aromatic rings. The van der Waals surface area contributed by atoms with E-state index in [1.165, 1.54) is 38.0 Å². The van der Waals surface area contributed by atoms with Crippen molar-refractivity contribution in [2.24, 2.45) is 0 Å². The summed E-state index contributed by atoms with van der Waals surface area (Å²) in [4.78, 5) is 2.09. The van der Waals surface area contributed by atoms with E-state index in [2.05, 4.69) is 125 Å². The van der Waals surface area contributed by atoms with E-state index in [4.69, 9.17) is 0 Å². The molecule has 30 heavy (non-hydrogen) atoms. The molecular formula is C26H16Br3N. The Morgan fingerprint density at radius 1 is 0.600 bits per heavy atom. The molecule has 0 aliphatic carbocycles. The molecule has 4 heteroatoms. The van der Waals surface area contributed by atoms with Gasteiger partial charge >= 0.3 is 0 Å². The van der Waals surface area contributed by atoms with Gasteiger partial charge in [-0.05, 0) is 68.7 Å². The molecule has 0 heterocycles. The number of rotatable bonds is 1. The van der Waals surface area contributed by atoms with E-state index in [1.54, 1.807) is 0 Å². The maximum Gasteiger partial charge on any atom is 0.0361 e. The Balaban J connectivity index is 1.76. The minimum absolute atomic E-state index is 1.01. The van der Waals surface area contributed by atoms with Crippen molar-refractivity contribution in [2.75, 3.05) is 19.0 Å². The van der Waals surface area contributed by atoms with Crippen molar-refractivity contribution in [3.63, 3.8) is 0 Å². The lowest BCUT2D eigenvalue weighted by atomic mass is 9.92. The van der Waals surface area contributed by atoms with Crippen molar-refractivity contribution >= 4 is 85.8 Å². The van der Waals surface area contributed by atoms with Gasteiger partial charge in [0.2, 0.25) is 0 Å². The standard InChI is InChI=1S/C26H16Br3N/c1-30(2)17-7-4-15(5-8-17)3-6-16-13-22(27)19-11-12-21-24(29)14-23(28)20-10-9-18(16)25(19)26(20)21/h4-5,7-14H,1-2H3. The molecule has 0 unspecified atom stereocenters. The first-order valence-corrected chi connectivity index (χ1v) is 11.9. The second kappa shape index (κ2) is 7.57. The molecule has 0 saturated heterocycles. The molecule has 0 spiro atoms. The second-order valence-corrected chi connectivity index (χ2v) is 10.1. The van der Waals surface area contributed by atoms with Crippen molar-refractivity contribution < 1.29 is 0 Å². The van der Waals surface area contributed by atoms with Gasteiger partial charge in [0, 0.05) is 44.3 Å². The highest BCUT2D eigenvalue weighted by atomic mass is 79.9. The van der Waals surface area contributed by atoms with E-state index in [-0.39, 0.29) is 0 Å². The van der Waals surface area contributed by atoms with Gasteiger partial charge in [-0.15, -0.1) is 0 Å². The third-order valence-electron chi connectivity index (χ3n) is 5.47. The van der Waals surface area contributed by atoms with E-state index in [9.17, 15) is 0 Å². The number of hydrogen-bond donors (Lipinski definition) is 0. The molecule has 0 aliphatic rings. The zero-order valence-electron chi connectivity index (χ0n) is 16.4. The van der Waals surface area contributed by atoms with Gasteiger partial charge in [0.05, 0.1) is 0 Å². The fourth-order valence-corrected chi connectivity index (χ4v) is 5.94. The van der Waals surface area contributed by atoms with Crippen molar-refractivity contribution in [1.82, 2.24) is 0 Å². The highest BCUT2D eigenvalue weighted by Crippen LogP contribution is 2.43. The monoisotopic (exact) mass is 579 g/mol. The lowest BCUT2D eigenvalue weighted by molar-refractivity contribution is 1.13. The molecule has 0 radical (unpaired) electrons. The lowest BCUT2D eigenvalue weighted by Gasteiger charge is -2.15. The Labute approximate surface area is 200 Å². The molecule has 0 aromatic heterocycles. The summed E-state index contributed by atoms with van der Waals surface area (Å²) in [7, 11) is 4.08. The second-order valence-electron chi connectivity index (χ2n) is 7.51. The van der Waals surface area contributed by atoms with Crippen LogP contribution in [0.2, 0.25) is 0 Å². The lowest BCUT2D eigenvalue weighted by Crippen LogP contribution is -2.07. The Hall–Kier alpha value is -2.06. The van der Waals surface area contributed by atoms with E-state index < -0.39 is 0 Å². The molecule has 0 atom stereocenters. The first-order chi connectivity index (χ1) is 14.4. The summed E-state index contributed by atoms with van der Waals surface area (Å²) in [6.45, 7) is 0. The van der Waals surface area contributed by atoms with Crippen LogP contribution in [0, 0.1) is 11.8 Å². The Bertz CT molecular complexity index is 1470. The average Bonchev–Trinajstić information content (AvgIpc) is 2.74. The predicted octanol–water partition coefficient (Wildman–Crippen LogP) is 8.34. The molecule has 0 N–H and O–H groups in total. The van der Waals surface area contributed by atoms with Crippen molar-refractivity contribution in [2.45, 2.75) is 0 Å². The topological polar surface area (TPSA) is 3.24 Å². The summed E-state index contributed by atoms with van der Waals surface area (Å²) in [5.41, 5.74) is 3.20. The van der Waals surface area contributed by atoms with Crippen LogP contribution in [0.15, 0.2) is 74.1 Å². The average molecular weight is 582 g/mol. The summed E-state index contributed by atoms with van der Waals surface area (Å²) in [5, 5.41) is 7.30. The maximum absolute atomic E-state index is 3.78. The van der Waals surface area contributed by atoms with Gasteiger partial charge < -0.3 is 4.90 Å². The van der Waals surface area contributed by atoms with Crippen molar-refractivity contribution in [1.29, 1.82) is 0 Å². The van der Waals surface area contributed by atoms with E-state index in [1.807, 2.05) is 14.1 Å². The molecule has 0 saturated carbocycles. The highest BCUT2D eigenvalue weighted by molar-refractivity contribution is 9.11. The zero-order valence-corrected chi connectivity index (χ0v) is 21.1. The van der Waals surface area contributed by atoms with Crippen LogP contribution in [0.3, 0.4) is 0 Å². The molecule has 5 rings (SSSR count). The smallest absolute Gasteiger partial charge is 0.0361 e. The minimum atomic E-state index is 1.01. The number of halogens is 3. The predicted molar refractivity (Wildman–Crippen MR) is 140 cm³/mol. The van der Waals surface area contributed by atoms with E-state index >= 15 is 0 Å². The molecule has 146 valence electrons. The highest BCUT2D eigenvalue weighted by Gasteiger charge is 2.16. The first-order valence-electron chi connectivity index (χ1n) is 9.48. The summed E-state index contributed by atoms with van der Waals surface area (Å²) in [6.07, 6.45) is 0. The Morgan fingerprint density at radius 3 is 1.67 bits per heavy atom. The molecule has 0 amide bonds. The summed E-state index contributed by atoms with van der Waals surface area (Å²) < 4.78 is 3.24. The largest absolute Gasteiger partial charge is 0.378 e. The number of nitrogens with zero attached hydrogens (tertiary/aromatic N) is 1. The Kier molecular flexibility index (Phi) is 5.01. The van der Waals surface area contributed by atoms with Crippen LogP contribution in [0.1, 0.15) is 11.1 Å². The quantitative estimate of drug-likeness (QED) is 0.142. The molecule has 0 aliphatic heterocycles. The minimum Gasteiger partial charge on any atom is -0.378 e. The molecule has 0 bridgehead atoms. The van der Waals surface area contributed by atoms with E-state index in [0.717, 1.165) is 24.5 Å². The first kappa shape index (κ1) is 19.9. The number of anilines is 1. The van der Waals surface area contributed by atoms with Crippen molar-refractivity contribution in [3.8, 4) is 11.8 Å². The van der Waals surface area contributed by atoms with E-state index in [0.29, 0.717) is 0 Å². The van der Waals surface area contributed by atoms with Crippen LogP contribution < -0.4 is 4.90 Å². The van der Waals surface area contributed by atoms with Gasteiger partial charge in [-0.2, -0.15) is 0 Å².